The predicted molar refractivity (Wildman–Crippen MR) is 102 cm³/mol. The van der Waals surface area contributed by atoms with Gasteiger partial charge in [0.25, 0.3) is 5.91 Å². The highest BCUT2D eigenvalue weighted by molar-refractivity contribution is 9.10. The lowest BCUT2D eigenvalue weighted by atomic mass is 10.1. The number of nitrogens with zero attached hydrogens (tertiary/aromatic N) is 1. The second kappa shape index (κ2) is 7.97. The van der Waals surface area contributed by atoms with Crippen molar-refractivity contribution in [3.63, 3.8) is 0 Å². The Morgan fingerprint density at radius 2 is 1.92 bits per heavy atom. The third kappa shape index (κ3) is 4.37. The summed E-state index contributed by atoms with van der Waals surface area (Å²) in [5.41, 5.74) is 3.28. The van der Waals surface area contributed by atoms with Crippen LogP contribution in [0, 0.1) is 6.92 Å². The number of nitrogens with one attached hydrogen (secondary N) is 2. The molecular formula is C19H16BrN3O3. The fraction of sp³-hybridized carbons (Fsp3) is 0.105. The van der Waals surface area contributed by atoms with Crippen LogP contribution in [0.4, 0.5) is 5.69 Å². The third-order valence-electron chi connectivity index (χ3n) is 3.66. The van der Waals surface area contributed by atoms with E-state index in [0.29, 0.717) is 11.4 Å². The van der Waals surface area contributed by atoms with Gasteiger partial charge < -0.3 is 10.1 Å². The van der Waals surface area contributed by atoms with Gasteiger partial charge in [0.15, 0.2) is 6.61 Å². The van der Waals surface area contributed by atoms with Gasteiger partial charge in [0.1, 0.15) is 5.69 Å². The smallest absolute Gasteiger partial charge is 0.356 e. The number of hydrogen-bond donors (Lipinski definition) is 2. The molecular weight excluding hydrogens is 398 g/mol. The summed E-state index contributed by atoms with van der Waals surface area (Å²) in [7, 11) is 0. The van der Waals surface area contributed by atoms with Crippen molar-refractivity contribution in [1.82, 2.24) is 10.2 Å². The van der Waals surface area contributed by atoms with E-state index in [9.17, 15) is 9.59 Å². The quantitative estimate of drug-likeness (QED) is 0.620. The molecule has 0 fully saturated rings. The maximum atomic E-state index is 12.1. The molecule has 3 rings (SSSR count). The zero-order valence-electron chi connectivity index (χ0n) is 14.0. The highest BCUT2D eigenvalue weighted by atomic mass is 79.9. The predicted octanol–water partition coefficient (Wildman–Crippen LogP) is 3.94. The van der Waals surface area contributed by atoms with E-state index in [1.807, 2.05) is 49.4 Å². The van der Waals surface area contributed by atoms with Crippen LogP contribution in [0.3, 0.4) is 0 Å². The van der Waals surface area contributed by atoms with Gasteiger partial charge in [0.2, 0.25) is 0 Å². The summed E-state index contributed by atoms with van der Waals surface area (Å²) in [5, 5.41) is 9.44. The first-order chi connectivity index (χ1) is 12.5. The molecule has 0 aliphatic rings. The van der Waals surface area contributed by atoms with Gasteiger partial charge in [0.05, 0.1) is 5.69 Å². The van der Waals surface area contributed by atoms with E-state index >= 15 is 0 Å². The van der Waals surface area contributed by atoms with E-state index in [4.69, 9.17) is 4.74 Å². The fourth-order valence-corrected chi connectivity index (χ4v) is 2.82. The molecule has 0 unspecified atom stereocenters. The second-order valence-corrected chi connectivity index (χ2v) is 6.53. The number of amides is 1. The first-order valence-corrected chi connectivity index (χ1v) is 8.66. The van der Waals surface area contributed by atoms with Crippen LogP contribution in [0.2, 0.25) is 0 Å². The van der Waals surface area contributed by atoms with Crippen LogP contribution in [-0.4, -0.2) is 28.7 Å². The molecule has 1 heterocycles. The molecule has 1 amide bonds. The number of hydrogen-bond acceptors (Lipinski definition) is 4. The molecule has 3 aromatic rings. The number of benzene rings is 2. The molecule has 0 bridgehead atoms. The van der Waals surface area contributed by atoms with Crippen molar-refractivity contribution >= 4 is 33.5 Å². The summed E-state index contributed by atoms with van der Waals surface area (Å²) >= 11 is 3.37. The Hall–Kier alpha value is -2.93. The molecule has 0 spiro atoms. The zero-order valence-corrected chi connectivity index (χ0v) is 15.5. The maximum absolute atomic E-state index is 12.1. The van der Waals surface area contributed by atoms with Gasteiger partial charge >= 0.3 is 5.97 Å². The van der Waals surface area contributed by atoms with Gasteiger partial charge in [-0.3, -0.25) is 9.89 Å². The van der Waals surface area contributed by atoms with E-state index in [2.05, 4.69) is 31.4 Å². The van der Waals surface area contributed by atoms with E-state index in [0.717, 1.165) is 15.6 Å². The number of esters is 1. The Bertz CT molecular complexity index is 938. The number of anilines is 1. The summed E-state index contributed by atoms with van der Waals surface area (Å²) in [4.78, 5) is 24.1. The molecule has 132 valence electrons. The van der Waals surface area contributed by atoms with Crippen molar-refractivity contribution < 1.29 is 14.3 Å². The summed E-state index contributed by atoms with van der Waals surface area (Å²) in [6.07, 6.45) is 0. The molecule has 0 atom stereocenters. The number of carbonyl (C=O) groups excluding carboxylic acids is 2. The van der Waals surface area contributed by atoms with Crippen LogP contribution < -0.4 is 5.32 Å². The standard InChI is InChI=1S/C19H16BrN3O3/c1-12-9-14(20)7-8-15(12)21-18(24)11-26-19(25)17-10-16(22-23-17)13-5-3-2-4-6-13/h2-10H,11H2,1H3,(H,21,24)(H,22,23). The van der Waals surface area contributed by atoms with E-state index in [1.165, 1.54) is 0 Å². The lowest BCUT2D eigenvalue weighted by Gasteiger charge is -2.09. The van der Waals surface area contributed by atoms with Crippen molar-refractivity contribution in [2.75, 3.05) is 11.9 Å². The minimum Gasteiger partial charge on any atom is -0.451 e. The first kappa shape index (κ1) is 17.9. The van der Waals surface area contributed by atoms with Gasteiger partial charge in [-0.05, 0) is 36.8 Å². The van der Waals surface area contributed by atoms with E-state index in [1.54, 1.807) is 12.1 Å². The average Bonchev–Trinajstić information content (AvgIpc) is 3.13. The minimum absolute atomic E-state index is 0.191. The zero-order chi connectivity index (χ0) is 18.5. The van der Waals surface area contributed by atoms with Crippen molar-refractivity contribution in [2.45, 2.75) is 6.92 Å². The van der Waals surface area contributed by atoms with Gasteiger partial charge in [-0.1, -0.05) is 46.3 Å². The van der Waals surface area contributed by atoms with Gasteiger partial charge in [-0.2, -0.15) is 5.10 Å². The first-order valence-electron chi connectivity index (χ1n) is 7.87. The van der Waals surface area contributed by atoms with E-state index in [-0.39, 0.29) is 12.3 Å². The molecule has 2 N–H and O–H groups in total. The van der Waals surface area contributed by atoms with E-state index < -0.39 is 11.9 Å². The highest BCUT2D eigenvalue weighted by Crippen LogP contribution is 2.20. The average molecular weight is 414 g/mol. The van der Waals surface area contributed by atoms with Crippen LogP contribution in [0.15, 0.2) is 59.1 Å². The fourth-order valence-electron chi connectivity index (χ4n) is 2.35. The number of aromatic amines is 1. The molecule has 0 radical (unpaired) electrons. The van der Waals surface area contributed by atoms with Crippen molar-refractivity contribution in [2.24, 2.45) is 0 Å². The molecule has 2 aromatic carbocycles. The number of aromatic nitrogens is 2. The lowest BCUT2D eigenvalue weighted by molar-refractivity contribution is -0.119. The highest BCUT2D eigenvalue weighted by Gasteiger charge is 2.14. The SMILES string of the molecule is Cc1cc(Br)ccc1NC(=O)COC(=O)c1cc(-c2ccccc2)n[nH]1. The molecule has 1 aromatic heterocycles. The molecule has 26 heavy (non-hydrogen) atoms. The number of rotatable bonds is 5. The third-order valence-corrected chi connectivity index (χ3v) is 4.16. The number of H-pyrrole nitrogens is 1. The molecule has 0 saturated heterocycles. The summed E-state index contributed by atoms with van der Waals surface area (Å²) < 4.78 is 5.97. The Morgan fingerprint density at radius 3 is 2.65 bits per heavy atom. The Morgan fingerprint density at radius 1 is 1.15 bits per heavy atom. The van der Waals surface area contributed by atoms with Crippen LogP contribution in [0.1, 0.15) is 16.1 Å². The molecule has 6 nitrogen and oxygen atoms in total. The molecule has 0 aliphatic carbocycles. The monoisotopic (exact) mass is 413 g/mol. The van der Waals surface area contributed by atoms with Gasteiger partial charge in [0, 0.05) is 15.7 Å². The van der Waals surface area contributed by atoms with Crippen molar-refractivity contribution in [3.05, 3.63) is 70.3 Å². The van der Waals surface area contributed by atoms with Crippen LogP contribution in [-0.2, 0) is 9.53 Å². The van der Waals surface area contributed by atoms with Crippen LogP contribution in [0.25, 0.3) is 11.3 Å². The van der Waals surface area contributed by atoms with Crippen molar-refractivity contribution in [1.29, 1.82) is 0 Å². The normalized spacial score (nSPS) is 10.4. The van der Waals surface area contributed by atoms with Crippen LogP contribution >= 0.6 is 15.9 Å². The largest absolute Gasteiger partial charge is 0.451 e. The van der Waals surface area contributed by atoms with Gasteiger partial charge in [-0.25, -0.2) is 4.79 Å². The number of halogens is 1. The Labute approximate surface area is 158 Å². The Balaban J connectivity index is 1.57. The minimum atomic E-state index is -0.637. The van der Waals surface area contributed by atoms with Crippen molar-refractivity contribution in [3.8, 4) is 11.3 Å². The topological polar surface area (TPSA) is 84.1 Å². The number of aryl methyl sites for hydroxylation is 1. The second-order valence-electron chi connectivity index (χ2n) is 5.62. The summed E-state index contributed by atoms with van der Waals surface area (Å²) in [6.45, 7) is 1.50. The Kier molecular flexibility index (Phi) is 5.48. The molecule has 0 aliphatic heterocycles. The molecule has 7 heteroatoms. The molecule has 0 saturated carbocycles. The van der Waals surface area contributed by atoms with Gasteiger partial charge in [-0.15, -0.1) is 0 Å². The van der Waals surface area contributed by atoms with Crippen LogP contribution in [0.5, 0.6) is 0 Å². The number of carbonyl (C=O) groups is 2. The number of ether oxygens (including phenoxy) is 1. The lowest BCUT2D eigenvalue weighted by Crippen LogP contribution is -2.21. The summed E-state index contributed by atoms with van der Waals surface area (Å²) in [6, 6.07) is 16.5. The summed E-state index contributed by atoms with van der Waals surface area (Å²) in [5.74, 6) is -1.05. The maximum Gasteiger partial charge on any atom is 0.356 e.